The van der Waals surface area contributed by atoms with Gasteiger partial charge in [0.1, 0.15) is 0 Å². The van der Waals surface area contributed by atoms with Crippen LogP contribution in [0.1, 0.15) is 135 Å². The highest BCUT2D eigenvalue weighted by molar-refractivity contribution is 7.87. The Morgan fingerprint density at radius 1 is 0.800 bits per heavy atom. The average molecular weight is 510 g/mol. The molecule has 0 aliphatic carbocycles. The number of anilines is 1. The SMILES string of the molecule is CCCCCCCCCCCCCCN(C)S(=O)(=O)NC(=O)Nc1c(C(C)C)cccc1C(C)C. The number of hydrogen-bond donors (Lipinski definition) is 2. The van der Waals surface area contributed by atoms with Crippen LogP contribution in [0.2, 0.25) is 0 Å². The second-order valence-electron chi connectivity index (χ2n) is 10.4. The Kier molecular flexibility index (Phi) is 15.2. The van der Waals surface area contributed by atoms with Crippen LogP contribution in [0.15, 0.2) is 18.2 Å². The molecule has 1 aromatic carbocycles. The molecule has 0 radical (unpaired) electrons. The second kappa shape index (κ2) is 17.0. The molecule has 0 aromatic heterocycles. The summed E-state index contributed by atoms with van der Waals surface area (Å²) in [6.45, 7) is 10.9. The summed E-state index contributed by atoms with van der Waals surface area (Å²) in [6.07, 6.45) is 14.8. The van der Waals surface area contributed by atoms with Crippen molar-refractivity contribution in [3.63, 3.8) is 0 Å². The quantitative estimate of drug-likeness (QED) is 0.197. The number of urea groups is 1. The number of benzene rings is 1. The predicted octanol–water partition coefficient (Wildman–Crippen LogP) is 7.93. The Balaban J connectivity index is 2.39. The number of amides is 2. The van der Waals surface area contributed by atoms with E-state index in [1.54, 1.807) is 0 Å². The molecule has 1 aromatic rings. The molecule has 0 unspecified atom stereocenters. The van der Waals surface area contributed by atoms with Crippen LogP contribution in [0.25, 0.3) is 0 Å². The van der Waals surface area contributed by atoms with E-state index in [0.717, 1.165) is 30.4 Å². The third-order valence-electron chi connectivity index (χ3n) is 6.57. The van der Waals surface area contributed by atoms with E-state index in [-0.39, 0.29) is 11.8 Å². The largest absolute Gasteiger partial charge is 0.333 e. The van der Waals surface area contributed by atoms with Crippen molar-refractivity contribution in [2.24, 2.45) is 0 Å². The summed E-state index contributed by atoms with van der Waals surface area (Å²) in [7, 11) is -2.37. The fraction of sp³-hybridized carbons (Fsp3) is 0.750. The molecule has 0 spiro atoms. The van der Waals surface area contributed by atoms with Gasteiger partial charge >= 0.3 is 16.2 Å². The van der Waals surface area contributed by atoms with Gasteiger partial charge in [-0.1, -0.05) is 123 Å². The van der Waals surface area contributed by atoms with Crippen LogP contribution >= 0.6 is 0 Å². The van der Waals surface area contributed by atoms with Crippen molar-refractivity contribution in [2.75, 3.05) is 18.9 Å². The zero-order valence-electron chi connectivity index (χ0n) is 23.2. The molecule has 0 aliphatic heterocycles. The van der Waals surface area contributed by atoms with Crippen LogP contribution in [-0.2, 0) is 10.2 Å². The highest BCUT2D eigenvalue weighted by Gasteiger charge is 2.22. The van der Waals surface area contributed by atoms with E-state index in [0.29, 0.717) is 12.2 Å². The Morgan fingerprint density at radius 2 is 1.23 bits per heavy atom. The minimum Gasteiger partial charge on any atom is -0.307 e. The van der Waals surface area contributed by atoms with Crippen LogP contribution in [-0.4, -0.2) is 32.3 Å². The molecule has 2 amide bonds. The molecule has 35 heavy (non-hydrogen) atoms. The number of hydrogen-bond acceptors (Lipinski definition) is 3. The number of carbonyl (C=O) groups excluding carboxylic acids is 1. The lowest BCUT2D eigenvalue weighted by Crippen LogP contribution is -2.43. The molecule has 0 saturated carbocycles. The average Bonchev–Trinajstić information content (AvgIpc) is 2.79. The Labute approximate surface area is 215 Å². The molecule has 0 bridgehead atoms. The molecule has 0 atom stereocenters. The first kappa shape index (κ1) is 31.4. The maximum Gasteiger partial charge on any atom is 0.333 e. The van der Waals surface area contributed by atoms with E-state index in [2.05, 4.69) is 44.7 Å². The van der Waals surface area contributed by atoms with Crippen molar-refractivity contribution < 1.29 is 13.2 Å². The minimum absolute atomic E-state index is 0.203. The van der Waals surface area contributed by atoms with Crippen LogP contribution in [0.3, 0.4) is 0 Å². The first-order valence-corrected chi connectivity index (χ1v) is 15.2. The second-order valence-corrected chi connectivity index (χ2v) is 12.2. The monoisotopic (exact) mass is 509 g/mol. The highest BCUT2D eigenvalue weighted by Crippen LogP contribution is 2.32. The van der Waals surface area contributed by atoms with Crippen molar-refractivity contribution in [2.45, 2.75) is 124 Å². The lowest BCUT2D eigenvalue weighted by molar-refractivity contribution is 0.256. The third kappa shape index (κ3) is 12.3. The lowest BCUT2D eigenvalue weighted by atomic mass is 9.93. The van der Waals surface area contributed by atoms with Crippen molar-refractivity contribution in [3.05, 3.63) is 29.3 Å². The number of unbranched alkanes of at least 4 members (excludes halogenated alkanes) is 11. The van der Waals surface area contributed by atoms with Crippen molar-refractivity contribution in [1.29, 1.82) is 0 Å². The molecular weight excluding hydrogens is 458 g/mol. The minimum atomic E-state index is -3.89. The van der Waals surface area contributed by atoms with Crippen molar-refractivity contribution >= 4 is 21.9 Å². The van der Waals surface area contributed by atoms with E-state index in [1.807, 2.05) is 18.2 Å². The van der Waals surface area contributed by atoms with Crippen molar-refractivity contribution in [1.82, 2.24) is 9.03 Å². The van der Waals surface area contributed by atoms with E-state index in [9.17, 15) is 13.2 Å². The molecule has 0 fully saturated rings. The molecule has 7 heteroatoms. The van der Waals surface area contributed by atoms with E-state index in [4.69, 9.17) is 0 Å². The summed E-state index contributed by atoms with van der Waals surface area (Å²) < 4.78 is 28.7. The highest BCUT2D eigenvalue weighted by atomic mass is 32.2. The van der Waals surface area contributed by atoms with Gasteiger partial charge in [-0.2, -0.15) is 12.7 Å². The van der Waals surface area contributed by atoms with Gasteiger partial charge in [0.2, 0.25) is 0 Å². The summed E-state index contributed by atoms with van der Waals surface area (Å²) in [5.41, 5.74) is 2.69. The van der Waals surface area contributed by atoms with Gasteiger partial charge in [0.15, 0.2) is 0 Å². The molecule has 2 N–H and O–H groups in total. The Hall–Kier alpha value is -1.60. The Morgan fingerprint density at radius 3 is 1.66 bits per heavy atom. The standard InChI is InChI=1S/C28H51N3O3S/c1-7-8-9-10-11-12-13-14-15-16-17-18-22-31(6)35(33,34)30-28(32)29-27-25(23(2)3)20-19-21-26(27)24(4)5/h19-21,23-24H,7-18,22H2,1-6H3,(H2,29,30,32). The maximum absolute atomic E-state index is 12.7. The maximum atomic E-state index is 12.7. The smallest absolute Gasteiger partial charge is 0.307 e. The molecule has 1 rings (SSSR count). The van der Waals surface area contributed by atoms with Gasteiger partial charge in [-0.05, 0) is 29.4 Å². The summed E-state index contributed by atoms with van der Waals surface area (Å²) in [4.78, 5) is 12.6. The van der Waals surface area contributed by atoms with Gasteiger partial charge in [0.05, 0.1) is 0 Å². The number of nitrogens with one attached hydrogen (secondary N) is 2. The van der Waals surface area contributed by atoms with Crippen molar-refractivity contribution in [3.8, 4) is 0 Å². The third-order valence-corrected chi connectivity index (χ3v) is 8.02. The van der Waals surface area contributed by atoms with Crippen LogP contribution in [0.4, 0.5) is 10.5 Å². The molecule has 0 heterocycles. The van der Waals surface area contributed by atoms with Gasteiger partial charge in [-0.15, -0.1) is 0 Å². The van der Waals surface area contributed by atoms with E-state index < -0.39 is 16.2 Å². The van der Waals surface area contributed by atoms with Crippen LogP contribution < -0.4 is 10.0 Å². The molecular formula is C28H51N3O3S. The topological polar surface area (TPSA) is 78.5 Å². The first-order valence-electron chi connectivity index (χ1n) is 13.8. The zero-order valence-corrected chi connectivity index (χ0v) is 24.0. The fourth-order valence-electron chi connectivity index (χ4n) is 4.33. The number of para-hydroxylation sites is 1. The van der Waals surface area contributed by atoms with Gasteiger partial charge in [0.25, 0.3) is 0 Å². The molecule has 6 nitrogen and oxygen atoms in total. The fourth-order valence-corrected chi connectivity index (χ4v) is 5.14. The zero-order chi connectivity index (χ0) is 26.3. The Bertz CT molecular complexity index is 812. The van der Waals surface area contributed by atoms with E-state index >= 15 is 0 Å². The van der Waals surface area contributed by atoms with Gasteiger partial charge in [0, 0.05) is 19.3 Å². The normalized spacial score (nSPS) is 12.0. The van der Waals surface area contributed by atoms with Gasteiger partial charge in [-0.25, -0.2) is 9.52 Å². The van der Waals surface area contributed by atoms with Gasteiger partial charge in [-0.3, -0.25) is 0 Å². The van der Waals surface area contributed by atoms with Gasteiger partial charge < -0.3 is 5.32 Å². The molecule has 0 saturated heterocycles. The number of carbonyl (C=O) groups is 1. The summed E-state index contributed by atoms with van der Waals surface area (Å²) in [5.74, 6) is 0.406. The summed E-state index contributed by atoms with van der Waals surface area (Å²) in [5, 5.41) is 2.81. The predicted molar refractivity (Wildman–Crippen MR) is 149 cm³/mol. The molecule has 202 valence electrons. The summed E-state index contributed by atoms with van der Waals surface area (Å²) >= 11 is 0. The van der Waals surface area contributed by atoms with E-state index in [1.165, 1.54) is 69.1 Å². The lowest BCUT2D eigenvalue weighted by Gasteiger charge is -2.22. The number of nitrogens with zero attached hydrogens (tertiary/aromatic N) is 1. The number of rotatable bonds is 18. The first-order chi connectivity index (χ1) is 16.6. The van der Waals surface area contributed by atoms with Crippen LogP contribution in [0.5, 0.6) is 0 Å². The molecule has 0 aliphatic rings. The summed E-state index contributed by atoms with van der Waals surface area (Å²) in [6, 6.07) is 5.20. The van der Waals surface area contributed by atoms with Crippen LogP contribution in [0, 0.1) is 0 Å².